The molecule has 0 amide bonds. The van der Waals surface area contributed by atoms with Gasteiger partial charge in [-0.05, 0) is 41.8 Å². The molecule has 0 unspecified atom stereocenters. The van der Waals surface area contributed by atoms with Crippen LogP contribution in [0.15, 0.2) is 36.4 Å². The molecule has 0 aliphatic rings. The van der Waals surface area contributed by atoms with Crippen molar-refractivity contribution >= 4 is 17.5 Å². The standard InChI is InChI=1S/C20H20ClF3N4O/c1-2-3-8-29-14-6-4-13(5-7-14)18-15(20(22,23)24)9-12(10-16(18)21)11-17-26-19(25)28-27-17/h4-7,9-10H,2-3,8,11H2,1H3,(H3,25,26,27,28). The van der Waals surface area contributed by atoms with Gasteiger partial charge in [-0.1, -0.05) is 37.1 Å². The van der Waals surface area contributed by atoms with Crippen LogP contribution >= 0.6 is 11.6 Å². The molecule has 0 radical (unpaired) electrons. The molecule has 9 heteroatoms. The van der Waals surface area contributed by atoms with E-state index >= 15 is 0 Å². The SMILES string of the molecule is CCCCOc1ccc(-c2c(Cl)cc(Cc3nc(N)n[nH]3)cc2C(F)(F)F)cc1. The highest BCUT2D eigenvalue weighted by Crippen LogP contribution is 2.42. The summed E-state index contributed by atoms with van der Waals surface area (Å²) in [6, 6.07) is 9.02. The molecule has 1 heterocycles. The van der Waals surface area contributed by atoms with Crippen molar-refractivity contribution in [2.45, 2.75) is 32.4 Å². The summed E-state index contributed by atoms with van der Waals surface area (Å²) in [4.78, 5) is 3.92. The van der Waals surface area contributed by atoms with E-state index in [1.807, 2.05) is 6.92 Å². The van der Waals surface area contributed by atoms with Crippen LogP contribution in [0.5, 0.6) is 5.75 Å². The van der Waals surface area contributed by atoms with E-state index in [0.29, 0.717) is 29.3 Å². The summed E-state index contributed by atoms with van der Waals surface area (Å²) in [6.45, 7) is 2.61. The third kappa shape index (κ3) is 5.20. The quantitative estimate of drug-likeness (QED) is 0.491. The fourth-order valence-electron chi connectivity index (χ4n) is 2.92. The largest absolute Gasteiger partial charge is 0.494 e. The van der Waals surface area contributed by atoms with Crippen molar-refractivity contribution in [1.82, 2.24) is 15.2 Å². The van der Waals surface area contributed by atoms with Crippen molar-refractivity contribution in [2.24, 2.45) is 0 Å². The first-order chi connectivity index (χ1) is 13.8. The number of nitrogens with zero attached hydrogens (tertiary/aromatic N) is 2. The summed E-state index contributed by atoms with van der Waals surface area (Å²) in [5, 5.41) is 6.26. The number of halogens is 4. The minimum atomic E-state index is -4.58. The molecule has 3 aromatic rings. The summed E-state index contributed by atoms with van der Waals surface area (Å²) in [6.07, 6.45) is -2.58. The lowest BCUT2D eigenvalue weighted by Gasteiger charge is -2.17. The number of nitrogens with one attached hydrogen (secondary N) is 1. The number of ether oxygens (including phenoxy) is 1. The van der Waals surface area contributed by atoms with E-state index in [1.54, 1.807) is 24.3 Å². The molecule has 2 aromatic carbocycles. The van der Waals surface area contributed by atoms with Gasteiger partial charge in [0.25, 0.3) is 0 Å². The van der Waals surface area contributed by atoms with Crippen molar-refractivity contribution in [3.63, 3.8) is 0 Å². The predicted octanol–water partition coefficient (Wildman–Crippen LogP) is 5.50. The molecular formula is C20H20ClF3N4O. The maximum absolute atomic E-state index is 13.8. The first-order valence-corrected chi connectivity index (χ1v) is 9.45. The average Bonchev–Trinajstić information content (AvgIpc) is 3.06. The van der Waals surface area contributed by atoms with E-state index in [1.165, 1.54) is 6.07 Å². The Morgan fingerprint density at radius 2 is 1.90 bits per heavy atom. The van der Waals surface area contributed by atoms with Crippen LogP contribution in [0.4, 0.5) is 19.1 Å². The van der Waals surface area contributed by atoms with Crippen LogP contribution in [0, 0.1) is 0 Å². The monoisotopic (exact) mass is 424 g/mol. The Morgan fingerprint density at radius 1 is 1.17 bits per heavy atom. The van der Waals surface area contributed by atoms with E-state index in [4.69, 9.17) is 22.1 Å². The Kier molecular flexibility index (Phi) is 6.32. The average molecular weight is 425 g/mol. The van der Waals surface area contributed by atoms with Gasteiger partial charge in [0.1, 0.15) is 11.6 Å². The zero-order valence-electron chi connectivity index (χ0n) is 15.7. The van der Waals surface area contributed by atoms with Crippen LogP contribution < -0.4 is 10.5 Å². The van der Waals surface area contributed by atoms with Gasteiger partial charge in [-0.2, -0.15) is 18.2 Å². The van der Waals surface area contributed by atoms with Gasteiger partial charge in [0.05, 0.1) is 12.2 Å². The smallest absolute Gasteiger partial charge is 0.417 e. The van der Waals surface area contributed by atoms with Gasteiger partial charge in [0, 0.05) is 17.0 Å². The van der Waals surface area contributed by atoms with E-state index in [0.717, 1.165) is 18.9 Å². The number of nitrogens with two attached hydrogens (primary N) is 1. The molecule has 3 N–H and O–H groups in total. The molecule has 0 atom stereocenters. The first kappa shape index (κ1) is 21.0. The number of alkyl halides is 3. The van der Waals surface area contributed by atoms with Crippen LogP contribution in [0.25, 0.3) is 11.1 Å². The zero-order valence-corrected chi connectivity index (χ0v) is 16.4. The molecule has 0 fully saturated rings. The maximum Gasteiger partial charge on any atom is 0.417 e. The minimum Gasteiger partial charge on any atom is -0.494 e. The molecule has 0 aliphatic heterocycles. The van der Waals surface area contributed by atoms with Crippen molar-refractivity contribution in [1.29, 1.82) is 0 Å². The number of H-pyrrole nitrogens is 1. The summed E-state index contributed by atoms with van der Waals surface area (Å²) in [5.74, 6) is 0.986. The molecule has 0 bridgehead atoms. The van der Waals surface area contributed by atoms with Gasteiger partial charge >= 0.3 is 6.18 Å². The molecule has 0 aliphatic carbocycles. The van der Waals surface area contributed by atoms with E-state index in [9.17, 15) is 13.2 Å². The number of aromatic nitrogens is 3. The molecule has 3 rings (SSSR count). The third-order valence-corrected chi connectivity index (χ3v) is 4.58. The maximum atomic E-state index is 13.8. The van der Waals surface area contributed by atoms with Crippen LogP contribution in [-0.4, -0.2) is 21.8 Å². The zero-order chi connectivity index (χ0) is 21.0. The van der Waals surface area contributed by atoms with Gasteiger partial charge < -0.3 is 10.5 Å². The highest BCUT2D eigenvalue weighted by Gasteiger charge is 2.35. The Morgan fingerprint density at radius 3 is 2.48 bits per heavy atom. The number of unbranched alkanes of at least 4 members (excludes halogenated alkanes) is 1. The second-order valence-electron chi connectivity index (χ2n) is 6.54. The molecule has 5 nitrogen and oxygen atoms in total. The van der Waals surface area contributed by atoms with Gasteiger partial charge in [-0.3, -0.25) is 5.10 Å². The number of rotatable bonds is 7. The molecule has 1 aromatic heterocycles. The van der Waals surface area contributed by atoms with Crippen molar-refractivity contribution in [2.75, 3.05) is 12.3 Å². The molecule has 29 heavy (non-hydrogen) atoms. The lowest BCUT2D eigenvalue weighted by molar-refractivity contribution is -0.137. The van der Waals surface area contributed by atoms with Crippen LogP contribution in [0.3, 0.4) is 0 Å². The van der Waals surface area contributed by atoms with Crippen molar-refractivity contribution < 1.29 is 17.9 Å². The first-order valence-electron chi connectivity index (χ1n) is 9.07. The lowest BCUT2D eigenvalue weighted by Crippen LogP contribution is -2.09. The van der Waals surface area contributed by atoms with Gasteiger partial charge in [-0.15, -0.1) is 5.10 Å². The Balaban J connectivity index is 1.95. The minimum absolute atomic E-state index is 0.00182. The Labute approximate surface area is 171 Å². The van der Waals surface area contributed by atoms with Crippen LogP contribution in [0.1, 0.15) is 36.7 Å². The number of hydrogen-bond acceptors (Lipinski definition) is 4. The second-order valence-corrected chi connectivity index (χ2v) is 6.95. The van der Waals surface area contributed by atoms with Gasteiger partial charge in [-0.25, -0.2) is 0 Å². The number of hydrogen-bond donors (Lipinski definition) is 2. The Bertz CT molecular complexity index is 971. The van der Waals surface area contributed by atoms with Crippen LogP contribution in [0.2, 0.25) is 5.02 Å². The predicted molar refractivity (Wildman–Crippen MR) is 106 cm³/mol. The summed E-state index contributed by atoms with van der Waals surface area (Å²) < 4.78 is 46.9. The molecule has 0 saturated heterocycles. The van der Waals surface area contributed by atoms with Gasteiger partial charge in [0.15, 0.2) is 0 Å². The Hall–Kier alpha value is -2.74. The van der Waals surface area contributed by atoms with Gasteiger partial charge in [0.2, 0.25) is 5.95 Å². The summed E-state index contributed by atoms with van der Waals surface area (Å²) in [5.41, 5.74) is 5.27. The fourth-order valence-corrected chi connectivity index (χ4v) is 3.27. The number of benzene rings is 2. The van der Waals surface area contributed by atoms with E-state index in [2.05, 4.69) is 15.2 Å². The second kappa shape index (κ2) is 8.73. The number of anilines is 1. The molecule has 0 saturated carbocycles. The van der Waals surface area contributed by atoms with Crippen LogP contribution in [-0.2, 0) is 12.6 Å². The normalized spacial score (nSPS) is 11.6. The number of nitrogen functional groups attached to an aromatic ring is 1. The molecule has 0 spiro atoms. The topological polar surface area (TPSA) is 76.8 Å². The van der Waals surface area contributed by atoms with E-state index in [-0.39, 0.29) is 23.0 Å². The number of aromatic amines is 1. The molecule has 154 valence electrons. The summed E-state index contributed by atoms with van der Waals surface area (Å²) in [7, 11) is 0. The molecular weight excluding hydrogens is 405 g/mol. The third-order valence-electron chi connectivity index (χ3n) is 4.29. The highest BCUT2D eigenvalue weighted by molar-refractivity contribution is 6.33. The lowest BCUT2D eigenvalue weighted by atomic mass is 9.95. The van der Waals surface area contributed by atoms with E-state index < -0.39 is 11.7 Å². The highest BCUT2D eigenvalue weighted by atomic mass is 35.5. The van der Waals surface area contributed by atoms with Crippen molar-refractivity contribution in [3.05, 3.63) is 58.4 Å². The summed E-state index contributed by atoms with van der Waals surface area (Å²) >= 11 is 6.29. The van der Waals surface area contributed by atoms with Crippen molar-refractivity contribution in [3.8, 4) is 16.9 Å². The fraction of sp³-hybridized carbons (Fsp3) is 0.300.